The van der Waals surface area contributed by atoms with E-state index in [1.807, 2.05) is 0 Å². The van der Waals surface area contributed by atoms with Gasteiger partial charge in [0, 0.05) is 25.5 Å². The zero-order valence-electron chi connectivity index (χ0n) is 15.6. The summed E-state index contributed by atoms with van der Waals surface area (Å²) in [6, 6.07) is 8.64. The van der Waals surface area contributed by atoms with Gasteiger partial charge in [-0.1, -0.05) is 41.6 Å². The van der Waals surface area contributed by atoms with E-state index in [2.05, 4.69) is 25.6 Å². The Hall–Kier alpha value is -3.49. The van der Waals surface area contributed by atoms with Gasteiger partial charge in [0.25, 0.3) is 5.91 Å². The van der Waals surface area contributed by atoms with E-state index in [1.165, 1.54) is 6.08 Å². The molecule has 150 valence electrons. The highest BCUT2D eigenvalue weighted by Crippen LogP contribution is 2.17. The van der Waals surface area contributed by atoms with Crippen LogP contribution in [0.2, 0.25) is 0 Å². The van der Waals surface area contributed by atoms with E-state index in [0.29, 0.717) is 42.4 Å². The second-order valence-corrected chi connectivity index (χ2v) is 6.29. The van der Waals surface area contributed by atoms with Gasteiger partial charge in [-0.25, -0.2) is 0 Å². The number of carbonyl (C=O) groups is 1. The van der Waals surface area contributed by atoms with E-state index < -0.39 is 11.8 Å². The second kappa shape index (κ2) is 9.63. The summed E-state index contributed by atoms with van der Waals surface area (Å²) in [5.74, 6) is -4.87. The van der Waals surface area contributed by atoms with Crippen molar-refractivity contribution in [3.05, 3.63) is 66.8 Å². The van der Waals surface area contributed by atoms with Crippen LogP contribution in [0.25, 0.3) is 17.5 Å². The molecule has 0 aliphatic rings. The Morgan fingerprint density at radius 2 is 1.97 bits per heavy atom. The average molecular weight is 398 g/mol. The third kappa shape index (κ3) is 6.00. The molecule has 7 nitrogen and oxygen atoms in total. The molecule has 1 aromatic carbocycles. The van der Waals surface area contributed by atoms with Gasteiger partial charge in [0.15, 0.2) is 0 Å². The van der Waals surface area contributed by atoms with Gasteiger partial charge in [0.1, 0.15) is 11.4 Å². The predicted octanol–water partition coefficient (Wildman–Crippen LogP) is 2.98. The van der Waals surface area contributed by atoms with E-state index in [4.69, 9.17) is 0 Å². The maximum Gasteiger partial charge on any atom is 0.343 e. The summed E-state index contributed by atoms with van der Waals surface area (Å²) in [5, 5.41) is 10.3. The first kappa shape index (κ1) is 20.2. The predicted molar refractivity (Wildman–Crippen MR) is 104 cm³/mol. The summed E-state index contributed by atoms with van der Waals surface area (Å²) >= 11 is 0. The van der Waals surface area contributed by atoms with Crippen LogP contribution in [-0.4, -0.2) is 43.3 Å². The third-order valence-electron chi connectivity index (χ3n) is 4.05. The molecule has 29 heavy (non-hydrogen) atoms. The number of rotatable bonds is 9. The monoisotopic (exact) mass is 398 g/mol. The van der Waals surface area contributed by atoms with Gasteiger partial charge in [-0.2, -0.15) is 8.78 Å². The van der Waals surface area contributed by atoms with E-state index in [9.17, 15) is 13.6 Å². The van der Waals surface area contributed by atoms with Crippen LogP contribution in [0.15, 0.2) is 61.2 Å². The molecular formula is C20H20F2N6O. The molecule has 0 aliphatic carbocycles. The zero-order valence-corrected chi connectivity index (χ0v) is 15.6. The normalized spacial score (nSPS) is 11.7. The van der Waals surface area contributed by atoms with E-state index >= 15 is 0 Å². The van der Waals surface area contributed by atoms with Crippen molar-refractivity contribution in [2.24, 2.45) is 0 Å². The Labute approximate surface area is 166 Å². The first-order chi connectivity index (χ1) is 14.0. The standard InChI is InChI=1S/C20H20F2N6O/c21-20(22,9-8-16-6-2-1-3-7-16)19(29)25-10-4-5-13-28-15-18(26-27-28)17-14-23-11-12-24-17/h1-3,6-9,11-12,14-15H,4-5,10,13H2,(H,25,29)/b9-8+. The number of aromatic nitrogens is 5. The molecule has 2 heterocycles. The number of benzene rings is 1. The van der Waals surface area contributed by atoms with Crippen molar-refractivity contribution in [2.45, 2.75) is 25.3 Å². The van der Waals surface area contributed by atoms with Gasteiger partial charge in [-0.3, -0.25) is 19.4 Å². The average Bonchev–Trinajstić information content (AvgIpc) is 3.22. The van der Waals surface area contributed by atoms with Gasteiger partial charge >= 0.3 is 5.92 Å². The summed E-state index contributed by atoms with van der Waals surface area (Å²) < 4.78 is 29.5. The maximum absolute atomic E-state index is 13.9. The topological polar surface area (TPSA) is 85.6 Å². The lowest BCUT2D eigenvalue weighted by Crippen LogP contribution is -2.39. The molecule has 1 N–H and O–H groups in total. The minimum Gasteiger partial charge on any atom is -0.351 e. The zero-order chi connectivity index (χ0) is 20.5. The Kier molecular flexibility index (Phi) is 6.72. The van der Waals surface area contributed by atoms with E-state index in [-0.39, 0.29) is 6.54 Å². The SMILES string of the molecule is O=C(NCCCCn1cc(-c2cnccn2)nn1)C(F)(F)/C=C/c1ccccc1. The highest BCUT2D eigenvalue weighted by Gasteiger charge is 2.35. The first-order valence-corrected chi connectivity index (χ1v) is 9.11. The van der Waals surface area contributed by atoms with Crippen LogP contribution >= 0.6 is 0 Å². The number of unbranched alkanes of at least 4 members (excludes halogenated alkanes) is 1. The van der Waals surface area contributed by atoms with Gasteiger partial charge < -0.3 is 5.32 Å². The summed E-state index contributed by atoms with van der Waals surface area (Å²) in [5.41, 5.74) is 1.83. The molecular weight excluding hydrogens is 378 g/mol. The molecule has 2 aromatic heterocycles. The fourth-order valence-electron chi connectivity index (χ4n) is 2.52. The molecule has 0 fully saturated rings. The highest BCUT2D eigenvalue weighted by atomic mass is 19.3. The van der Waals surface area contributed by atoms with Gasteiger partial charge in [0.05, 0.1) is 12.4 Å². The number of aryl methyl sites for hydroxylation is 1. The molecule has 0 unspecified atom stereocenters. The molecule has 0 radical (unpaired) electrons. The number of carbonyl (C=O) groups excluding carboxylic acids is 1. The van der Waals surface area contributed by atoms with Gasteiger partial charge in [0.2, 0.25) is 0 Å². The number of halogens is 2. The Morgan fingerprint density at radius 1 is 1.14 bits per heavy atom. The van der Waals surface area contributed by atoms with E-state index in [1.54, 1.807) is 59.8 Å². The Bertz CT molecular complexity index is 944. The maximum atomic E-state index is 13.9. The molecule has 0 spiro atoms. The van der Waals surface area contributed by atoms with Crippen LogP contribution in [0.5, 0.6) is 0 Å². The van der Waals surface area contributed by atoms with Crippen molar-refractivity contribution in [3.63, 3.8) is 0 Å². The highest BCUT2D eigenvalue weighted by molar-refractivity contribution is 5.86. The van der Waals surface area contributed by atoms with Gasteiger partial charge in [-0.15, -0.1) is 5.10 Å². The molecule has 0 saturated heterocycles. The molecule has 3 rings (SSSR count). The van der Waals surface area contributed by atoms with Crippen molar-refractivity contribution < 1.29 is 13.6 Å². The first-order valence-electron chi connectivity index (χ1n) is 9.11. The Morgan fingerprint density at radius 3 is 2.72 bits per heavy atom. The summed E-state index contributed by atoms with van der Waals surface area (Å²) in [4.78, 5) is 19.9. The van der Waals surface area contributed by atoms with Crippen molar-refractivity contribution in [3.8, 4) is 11.4 Å². The molecule has 0 bridgehead atoms. The molecule has 9 heteroatoms. The molecule has 1 amide bonds. The van der Waals surface area contributed by atoms with Crippen molar-refractivity contribution >= 4 is 12.0 Å². The lowest BCUT2D eigenvalue weighted by Gasteiger charge is -2.12. The van der Waals surface area contributed by atoms with Crippen molar-refractivity contribution in [2.75, 3.05) is 6.54 Å². The number of alkyl halides is 2. The van der Waals surface area contributed by atoms with Crippen molar-refractivity contribution in [1.82, 2.24) is 30.3 Å². The lowest BCUT2D eigenvalue weighted by molar-refractivity contribution is -0.139. The largest absolute Gasteiger partial charge is 0.351 e. The molecule has 3 aromatic rings. The number of amides is 1. The van der Waals surface area contributed by atoms with Crippen LogP contribution < -0.4 is 5.32 Å². The summed E-state index contributed by atoms with van der Waals surface area (Å²) in [7, 11) is 0. The lowest BCUT2D eigenvalue weighted by atomic mass is 10.2. The van der Waals surface area contributed by atoms with Crippen LogP contribution in [0.1, 0.15) is 18.4 Å². The van der Waals surface area contributed by atoms with E-state index in [0.717, 1.165) is 0 Å². The smallest absolute Gasteiger partial charge is 0.343 e. The van der Waals surface area contributed by atoms with Crippen LogP contribution in [-0.2, 0) is 11.3 Å². The minimum atomic E-state index is -3.56. The summed E-state index contributed by atoms with van der Waals surface area (Å²) in [6.07, 6.45) is 9.51. The Balaban J connectivity index is 1.39. The van der Waals surface area contributed by atoms with Crippen LogP contribution in [0, 0.1) is 0 Å². The minimum absolute atomic E-state index is 0.152. The number of nitrogens with zero attached hydrogens (tertiary/aromatic N) is 5. The molecule has 0 aliphatic heterocycles. The third-order valence-corrected chi connectivity index (χ3v) is 4.05. The van der Waals surface area contributed by atoms with Crippen molar-refractivity contribution in [1.29, 1.82) is 0 Å². The molecule has 0 atom stereocenters. The van der Waals surface area contributed by atoms with Gasteiger partial charge in [-0.05, 0) is 24.5 Å². The second-order valence-electron chi connectivity index (χ2n) is 6.29. The summed E-state index contributed by atoms with van der Waals surface area (Å²) in [6.45, 7) is 0.701. The van der Waals surface area contributed by atoms with Crippen LogP contribution in [0.4, 0.5) is 8.78 Å². The van der Waals surface area contributed by atoms with Crippen LogP contribution in [0.3, 0.4) is 0 Å². The quantitative estimate of drug-likeness (QED) is 0.560. The fourth-order valence-corrected chi connectivity index (χ4v) is 2.52. The number of hydrogen-bond donors (Lipinski definition) is 1. The number of nitrogens with one attached hydrogen (secondary N) is 1. The number of hydrogen-bond acceptors (Lipinski definition) is 5. The fraction of sp³-hybridized carbons (Fsp3) is 0.250. The molecule has 0 saturated carbocycles.